The predicted molar refractivity (Wildman–Crippen MR) is 244 cm³/mol. The van der Waals surface area contributed by atoms with E-state index in [9.17, 15) is 9.90 Å². The summed E-state index contributed by atoms with van der Waals surface area (Å²) in [4.78, 5) is 18.4. The van der Waals surface area contributed by atoms with Gasteiger partial charge in [0, 0.05) is 19.5 Å². The van der Waals surface area contributed by atoms with Crippen molar-refractivity contribution in [2.45, 2.75) is 284 Å². The summed E-state index contributed by atoms with van der Waals surface area (Å²) in [6, 6.07) is 0. The number of aliphatic hydroxyl groups is 1. The second-order valence-electron chi connectivity index (χ2n) is 18.4. The Morgan fingerprint density at radius 2 is 0.691 bits per heavy atom. The second-order valence-corrected chi connectivity index (χ2v) is 18.4. The highest BCUT2D eigenvalue weighted by molar-refractivity contribution is 5.76. The largest absolute Gasteiger partial charge is 0.393 e. The van der Waals surface area contributed by atoms with Crippen molar-refractivity contribution in [3.8, 4) is 0 Å². The van der Waals surface area contributed by atoms with Gasteiger partial charge in [-0.3, -0.25) is 4.79 Å². The lowest BCUT2D eigenvalue weighted by molar-refractivity contribution is -0.131. The lowest BCUT2D eigenvalue weighted by Crippen LogP contribution is -2.34. The number of carbonyl (C=O) groups excluding carboxylic acids is 1. The lowest BCUT2D eigenvalue weighted by atomic mass is 9.80. The number of nitrogens with zero attached hydrogens (tertiary/aromatic N) is 2. The molecule has 1 fully saturated rings. The first kappa shape index (κ1) is 52.4. The van der Waals surface area contributed by atoms with Crippen molar-refractivity contribution in [1.29, 1.82) is 0 Å². The SMILES string of the molecule is CCCCCCCCCCCCCCCCCN(CCCCCCCC(=O)N(CCCCCCCCCC)CCCCCCCCCC)CCC1CC(O)C1. The maximum atomic E-state index is 13.4. The van der Waals surface area contributed by atoms with Gasteiger partial charge in [0.25, 0.3) is 0 Å². The molecule has 0 radical (unpaired) electrons. The van der Waals surface area contributed by atoms with Gasteiger partial charge in [-0.25, -0.2) is 0 Å². The van der Waals surface area contributed by atoms with E-state index in [2.05, 4.69) is 30.6 Å². The first-order chi connectivity index (χ1) is 27.1. The predicted octanol–water partition coefficient (Wildman–Crippen LogP) is 15.8. The van der Waals surface area contributed by atoms with Gasteiger partial charge in [0.2, 0.25) is 5.91 Å². The van der Waals surface area contributed by atoms with Crippen molar-refractivity contribution in [1.82, 2.24) is 9.80 Å². The molecule has 1 rings (SSSR count). The van der Waals surface area contributed by atoms with Gasteiger partial charge in [0.05, 0.1) is 6.10 Å². The molecule has 0 aromatic heterocycles. The van der Waals surface area contributed by atoms with Gasteiger partial charge in [-0.05, 0) is 76.9 Å². The molecule has 1 N–H and O–H groups in total. The maximum absolute atomic E-state index is 13.4. The van der Waals surface area contributed by atoms with E-state index in [0.717, 1.165) is 44.7 Å². The molecule has 0 aliphatic heterocycles. The second kappa shape index (κ2) is 41.5. The normalized spacial score (nSPS) is 15.6. The third-order valence-corrected chi connectivity index (χ3v) is 12.9. The minimum atomic E-state index is -0.0248. The zero-order chi connectivity index (χ0) is 39.7. The Bertz CT molecular complexity index is 748. The van der Waals surface area contributed by atoms with E-state index in [-0.39, 0.29) is 6.10 Å². The first-order valence-corrected chi connectivity index (χ1v) is 25.8. The number of rotatable bonds is 45. The van der Waals surface area contributed by atoms with E-state index in [1.165, 1.54) is 251 Å². The summed E-state index contributed by atoms with van der Waals surface area (Å²) in [6.45, 7) is 12.6. The molecular formula is C51H102N2O2. The van der Waals surface area contributed by atoms with Crippen LogP contribution in [0.4, 0.5) is 0 Å². The minimum absolute atomic E-state index is 0.0248. The van der Waals surface area contributed by atoms with Crippen LogP contribution in [0.1, 0.15) is 278 Å². The molecule has 0 bridgehead atoms. The number of carbonyl (C=O) groups is 1. The quantitative estimate of drug-likeness (QED) is 0.0627. The molecule has 0 spiro atoms. The van der Waals surface area contributed by atoms with Crippen molar-refractivity contribution in [3.63, 3.8) is 0 Å². The molecule has 1 aliphatic carbocycles. The lowest BCUT2D eigenvalue weighted by Gasteiger charge is -2.33. The van der Waals surface area contributed by atoms with Crippen molar-refractivity contribution >= 4 is 5.91 Å². The van der Waals surface area contributed by atoms with Gasteiger partial charge in [-0.2, -0.15) is 0 Å². The average molecular weight is 775 g/mol. The van der Waals surface area contributed by atoms with Crippen LogP contribution in [0.3, 0.4) is 0 Å². The number of unbranched alkanes of at least 4 members (excludes halogenated alkanes) is 32. The molecule has 0 heterocycles. The van der Waals surface area contributed by atoms with Gasteiger partial charge in [0.15, 0.2) is 0 Å². The fourth-order valence-corrected chi connectivity index (χ4v) is 8.88. The van der Waals surface area contributed by atoms with Gasteiger partial charge < -0.3 is 14.9 Å². The van der Waals surface area contributed by atoms with Crippen molar-refractivity contribution in [2.24, 2.45) is 5.92 Å². The summed E-state index contributed by atoms with van der Waals surface area (Å²) in [5.41, 5.74) is 0. The third-order valence-electron chi connectivity index (χ3n) is 12.9. The maximum Gasteiger partial charge on any atom is 0.222 e. The van der Waals surface area contributed by atoms with Gasteiger partial charge in [-0.15, -0.1) is 0 Å². The summed E-state index contributed by atoms with van der Waals surface area (Å²) >= 11 is 0. The van der Waals surface area contributed by atoms with E-state index in [4.69, 9.17) is 0 Å². The monoisotopic (exact) mass is 775 g/mol. The Morgan fingerprint density at radius 1 is 0.400 bits per heavy atom. The molecule has 328 valence electrons. The molecule has 0 unspecified atom stereocenters. The van der Waals surface area contributed by atoms with E-state index in [0.29, 0.717) is 5.91 Å². The fourth-order valence-electron chi connectivity index (χ4n) is 8.88. The van der Waals surface area contributed by atoms with Crippen LogP contribution in [0.25, 0.3) is 0 Å². The summed E-state index contributed by atoms with van der Waals surface area (Å²) in [6.07, 6.45) is 52.9. The topological polar surface area (TPSA) is 43.8 Å². The van der Waals surface area contributed by atoms with Crippen LogP contribution in [0.5, 0.6) is 0 Å². The fraction of sp³-hybridized carbons (Fsp3) is 0.980. The summed E-state index contributed by atoms with van der Waals surface area (Å²) < 4.78 is 0. The van der Waals surface area contributed by atoms with E-state index >= 15 is 0 Å². The van der Waals surface area contributed by atoms with Crippen LogP contribution >= 0.6 is 0 Å². The smallest absolute Gasteiger partial charge is 0.222 e. The molecule has 1 saturated carbocycles. The Kier molecular flexibility index (Phi) is 39.6. The Morgan fingerprint density at radius 3 is 1.02 bits per heavy atom. The molecule has 55 heavy (non-hydrogen) atoms. The number of hydrogen-bond acceptors (Lipinski definition) is 3. The van der Waals surface area contributed by atoms with Gasteiger partial charge >= 0.3 is 0 Å². The van der Waals surface area contributed by atoms with Crippen molar-refractivity contribution < 1.29 is 9.90 Å². The molecule has 4 heteroatoms. The van der Waals surface area contributed by atoms with Crippen LogP contribution in [-0.4, -0.2) is 59.6 Å². The van der Waals surface area contributed by atoms with Gasteiger partial charge in [-0.1, -0.05) is 220 Å². The van der Waals surface area contributed by atoms with Crippen LogP contribution in [-0.2, 0) is 4.79 Å². The summed E-state index contributed by atoms with van der Waals surface area (Å²) in [7, 11) is 0. The number of hydrogen-bond donors (Lipinski definition) is 1. The molecule has 0 aromatic rings. The first-order valence-electron chi connectivity index (χ1n) is 25.8. The van der Waals surface area contributed by atoms with Crippen LogP contribution in [0.2, 0.25) is 0 Å². The van der Waals surface area contributed by atoms with E-state index < -0.39 is 0 Å². The number of amides is 1. The zero-order valence-corrected chi connectivity index (χ0v) is 38.2. The molecular weight excluding hydrogens is 673 g/mol. The third kappa shape index (κ3) is 35.1. The van der Waals surface area contributed by atoms with E-state index in [1.54, 1.807) is 0 Å². The van der Waals surface area contributed by atoms with Crippen LogP contribution < -0.4 is 0 Å². The summed E-state index contributed by atoms with van der Waals surface area (Å²) in [5.74, 6) is 1.18. The Hall–Kier alpha value is -0.610. The molecule has 0 saturated heterocycles. The molecule has 0 atom stereocenters. The number of aliphatic hydroxyl groups excluding tert-OH is 1. The van der Waals surface area contributed by atoms with Crippen LogP contribution in [0.15, 0.2) is 0 Å². The highest BCUT2D eigenvalue weighted by Gasteiger charge is 2.27. The minimum Gasteiger partial charge on any atom is -0.393 e. The highest BCUT2D eigenvalue weighted by Crippen LogP contribution is 2.30. The van der Waals surface area contributed by atoms with E-state index in [1.807, 2.05) is 0 Å². The highest BCUT2D eigenvalue weighted by atomic mass is 16.3. The molecule has 4 nitrogen and oxygen atoms in total. The zero-order valence-electron chi connectivity index (χ0n) is 38.2. The van der Waals surface area contributed by atoms with Crippen molar-refractivity contribution in [2.75, 3.05) is 32.7 Å². The van der Waals surface area contributed by atoms with Gasteiger partial charge in [0.1, 0.15) is 0 Å². The average Bonchev–Trinajstić information content (AvgIpc) is 3.17. The molecule has 1 aliphatic rings. The Balaban J connectivity index is 2.24. The Labute approximate surface area is 346 Å². The standard InChI is InChI=1S/C51H102N2O2/c1-4-7-10-13-16-19-20-21-22-23-24-25-26-31-36-42-52(46-41-49-47-50(54)48-49)43-37-32-29-30-35-40-51(55)53(44-38-33-27-17-14-11-8-5-2)45-39-34-28-18-15-12-9-6-3/h49-50,54H,4-48H2,1-3H3. The molecule has 1 amide bonds. The van der Waals surface area contributed by atoms with Crippen LogP contribution in [0, 0.1) is 5.92 Å². The summed E-state index contributed by atoms with van der Waals surface area (Å²) in [5, 5.41) is 9.78. The van der Waals surface area contributed by atoms with Crippen molar-refractivity contribution in [3.05, 3.63) is 0 Å². The molecule has 0 aromatic carbocycles.